The van der Waals surface area contributed by atoms with Gasteiger partial charge in [0, 0.05) is 25.2 Å². The fourth-order valence-corrected chi connectivity index (χ4v) is 3.52. The Kier molecular flexibility index (Phi) is 1.92. The summed E-state index contributed by atoms with van der Waals surface area (Å²) in [5, 5.41) is 1.30. The van der Waals surface area contributed by atoms with Gasteiger partial charge < -0.3 is 0 Å². The molecule has 0 unspecified atom stereocenters. The lowest BCUT2D eigenvalue weighted by atomic mass is 9.99. The number of imidazole rings is 1. The van der Waals surface area contributed by atoms with Crippen molar-refractivity contribution in [3.8, 4) is 11.1 Å². The Bertz CT molecular complexity index is 1450. The van der Waals surface area contributed by atoms with Gasteiger partial charge >= 0.3 is 0 Å². The Labute approximate surface area is 154 Å². The van der Waals surface area contributed by atoms with Gasteiger partial charge in [-0.2, -0.15) is 0 Å². The van der Waals surface area contributed by atoms with Crippen LogP contribution >= 0.6 is 0 Å². The number of aryl methyl sites for hydroxylation is 2. The number of rotatable bonds is 1. The molecular formula is C22H17N3. The number of benzene rings is 2. The molecule has 0 atom stereocenters. The first kappa shape index (κ1) is 9.33. The van der Waals surface area contributed by atoms with Crippen LogP contribution in [0.4, 0.5) is 0 Å². The van der Waals surface area contributed by atoms with Crippen LogP contribution in [-0.4, -0.2) is 14.4 Å². The Morgan fingerprint density at radius 3 is 2.60 bits per heavy atom. The van der Waals surface area contributed by atoms with Gasteiger partial charge in [-0.05, 0) is 37.0 Å². The van der Waals surface area contributed by atoms with Crippen molar-refractivity contribution in [2.24, 2.45) is 0 Å². The molecule has 0 saturated heterocycles. The van der Waals surface area contributed by atoms with Gasteiger partial charge in [-0.3, -0.25) is 9.38 Å². The van der Waals surface area contributed by atoms with Crippen molar-refractivity contribution in [3.05, 3.63) is 78.4 Å². The van der Waals surface area contributed by atoms with Crippen molar-refractivity contribution in [3.63, 3.8) is 0 Å². The smallest absolute Gasteiger partial charge is 0.110 e. The van der Waals surface area contributed by atoms with Crippen LogP contribution in [0.2, 0.25) is 0 Å². The van der Waals surface area contributed by atoms with Crippen LogP contribution < -0.4 is 0 Å². The molecular weight excluding hydrogens is 306 g/mol. The first-order valence-electron chi connectivity index (χ1n) is 11.0. The molecule has 3 heteroatoms. The Morgan fingerprint density at radius 1 is 0.920 bits per heavy atom. The zero-order valence-corrected chi connectivity index (χ0v) is 13.2. The van der Waals surface area contributed by atoms with E-state index in [2.05, 4.69) is 9.97 Å². The van der Waals surface area contributed by atoms with E-state index in [9.17, 15) is 0 Å². The van der Waals surface area contributed by atoms with Gasteiger partial charge in [-0.15, -0.1) is 0 Å². The van der Waals surface area contributed by atoms with Crippen molar-refractivity contribution in [1.82, 2.24) is 14.4 Å². The lowest BCUT2D eigenvalue weighted by Crippen LogP contribution is -1.96. The van der Waals surface area contributed by atoms with E-state index in [0.29, 0.717) is 16.4 Å². The molecule has 0 aliphatic heterocycles. The van der Waals surface area contributed by atoms with Crippen LogP contribution in [0.15, 0.2) is 66.9 Å². The van der Waals surface area contributed by atoms with Gasteiger partial charge in [0.25, 0.3) is 0 Å². The summed E-state index contributed by atoms with van der Waals surface area (Å²) in [7, 11) is 0. The minimum absolute atomic E-state index is 0.237. The van der Waals surface area contributed by atoms with Crippen LogP contribution in [0.5, 0.6) is 0 Å². The maximum atomic E-state index is 8.08. The van der Waals surface area contributed by atoms with E-state index in [1.165, 1.54) is 4.40 Å². The van der Waals surface area contributed by atoms with Crippen LogP contribution in [0.1, 0.15) is 19.7 Å². The maximum Gasteiger partial charge on any atom is 0.110 e. The molecule has 5 rings (SSSR count). The summed E-state index contributed by atoms with van der Waals surface area (Å²) in [5.41, 5.74) is 2.82. The summed E-state index contributed by atoms with van der Waals surface area (Å²) in [4.78, 5) is 8.75. The summed E-state index contributed by atoms with van der Waals surface area (Å²) in [6, 6.07) is 18.6. The van der Waals surface area contributed by atoms with E-state index in [-0.39, 0.29) is 17.0 Å². The number of aromatic nitrogens is 3. The summed E-state index contributed by atoms with van der Waals surface area (Å²) >= 11 is 0. The molecule has 5 aromatic rings. The molecule has 25 heavy (non-hydrogen) atoms. The third-order valence-corrected chi connectivity index (χ3v) is 4.55. The van der Waals surface area contributed by atoms with Crippen LogP contribution in [0.3, 0.4) is 0 Å². The predicted molar refractivity (Wildman–Crippen MR) is 103 cm³/mol. The molecule has 0 N–H and O–H groups in total. The Morgan fingerprint density at radius 2 is 1.76 bits per heavy atom. The normalized spacial score (nSPS) is 16.2. The molecule has 0 fully saturated rings. The molecule has 3 nitrogen and oxygen atoms in total. The van der Waals surface area contributed by atoms with Crippen molar-refractivity contribution in [1.29, 1.82) is 0 Å². The highest BCUT2D eigenvalue weighted by molar-refractivity contribution is 6.16. The standard InChI is InChI=1S/C22H17N3/c1-14-22-20-17(16-8-4-3-5-9-16)12-13-23-21(20)18-10-6-7-11-19(18)25(22)15(2)24-14/h3-13H,1-2H3/i1D3,2D3. The third kappa shape index (κ3) is 1.92. The van der Waals surface area contributed by atoms with Crippen LogP contribution in [-0.2, 0) is 0 Å². The fraction of sp³-hybridized carbons (Fsp3) is 0.0909. The van der Waals surface area contributed by atoms with Crippen LogP contribution in [0.25, 0.3) is 38.4 Å². The van der Waals surface area contributed by atoms with Gasteiger partial charge in [-0.25, -0.2) is 4.98 Å². The molecule has 0 aliphatic carbocycles. The lowest BCUT2D eigenvalue weighted by Gasteiger charge is -2.13. The second-order valence-corrected chi connectivity index (χ2v) is 5.93. The van der Waals surface area contributed by atoms with Gasteiger partial charge in [0.1, 0.15) is 5.82 Å². The minimum Gasteiger partial charge on any atom is -0.295 e. The van der Waals surface area contributed by atoms with Gasteiger partial charge in [-0.1, -0.05) is 48.5 Å². The second kappa shape index (κ2) is 5.15. The largest absolute Gasteiger partial charge is 0.295 e. The quantitative estimate of drug-likeness (QED) is 0.390. The fourth-order valence-electron chi connectivity index (χ4n) is 3.52. The topological polar surface area (TPSA) is 30.2 Å². The van der Waals surface area contributed by atoms with E-state index in [1.807, 2.05) is 48.5 Å². The first-order valence-corrected chi connectivity index (χ1v) is 7.96. The maximum absolute atomic E-state index is 8.08. The van der Waals surface area contributed by atoms with Crippen LogP contribution in [0, 0.1) is 13.7 Å². The summed E-state index contributed by atoms with van der Waals surface area (Å²) in [6.45, 7) is -5.20. The molecule has 3 aromatic heterocycles. The minimum atomic E-state index is -2.60. The molecule has 0 bridgehead atoms. The van der Waals surface area contributed by atoms with Crippen molar-refractivity contribution < 1.29 is 8.22 Å². The zero-order chi connectivity index (χ0) is 22.0. The average Bonchev–Trinajstić information content (AvgIpc) is 3.16. The highest BCUT2D eigenvalue weighted by Gasteiger charge is 2.17. The van der Waals surface area contributed by atoms with Gasteiger partial charge in [0.05, 0.1) is 22.2 Å². The molecule has 3 heterocycles. The van der Waals surface area contributed by atoms with Gasteiger partial charge in [0.2, 0.25) is 0 Å². The summed E-state index contributed by atoms with van der Waals surface area (Å²) in [6.07, 6.45) is 1.68. The number of fused-ring (bicyclic) bond motifs is 6. The number of hydrogen-bond acceptors (Lipinski definition) is 2. The molecule has 0 amide bonds. The van der Waals surface area contributed by atoms with Gasteiger partial charge in [0.15, 0.2) is 0 Å². The van der Waals surface area contributed by atoms with E-state index < -0.39 is 13.7 Å². The highest BCUT2D eigenvalue weighted by atomic mass is 15.0. The van der Waals surface area contributed by atoms with Crippen molar-refractivity contribution >= 4 is 27.3 Å². The molecule has 0 radical (unpaired) electrons. The predicted octanol–water partition coefficient (Wildman–Crippen LogP) is 5.32. The molecule has 120 valence electrons. The zero-order valence-electron chi connectivity index (χ0n) is 19.2. The third-order valence-electron chi connectivity index (χ3n) is 4.55. The van der Waals surface area contributed by atoms with E-state index in [1.54, 1.807) is 18.3 Å². The molecule has 0 saturated carbocycles. The Balaban J connectivity index is 2.14. The first-order chi connectivity index (χ1) is 14.7. The number of pyridine rings is 2. The number of nitrogens with zero attached hydrogens (tertiary/aromatic N) is 3. The monoisotopic (exact) mass is 329 g/mol. The van der Waals surface area contributed by atoms with Crippen molar-refractivity contribution in [2.75, 3.05) is 0 Å². The van der Waals surface area contributed by atoms with Crippen molar-refractivity contribution in [2.45, 2.75) is 13.7 Å². The Hall–Kier alpha value is -3.20. The molecule has 2 aromatic carbocycles. The molecule has 0 spiro atoms. The number of hydrogen-bond donors (Lipinski definition) is 0. The van der Waals surface area contributed by atoms with E-state index >= 15 is 0 Å². The molecule has 0 aliphatic rings. The average molecular weight is 329 g/mol. The summed E-state index contributed by atoms with van der Waals surface area (Å²) in [5.74, 6) is -0.269. The van der Waals surface area contributed by atoms with E-state index in [0.717, 1.165) is 16.5 Å². The highest BCUT2D eigenvalue weighted by Crippen LogP contribution is 2.36. The lowest BCUT2D eigenvalue weighted by molar-refractivity contribution is 1.07. The summed E-state index contributed by atoms with van der Waals surface area (Å²) < 4.78 is 49.8. The SMILES string of the molecule is [2H]C([2H])([2H])c1nc(C([2H])([2H])[2H])n2c3ccccc3c3nccc(-c4ccccc4)c3c12. The second-order valence-electron chi connectivity index (χ2n) is 5.93. The number of para-hydroxylation sites is 1. The van der Waals surface area contributed by atoms with E-state index in [4.69, 9.17) is 8.22 Å².